The van der Waals surface area contributed by atoms with E-state index in [0.29, 0.717) is 24.0 Å². The van der Waals surface area contributed by atoms with Crippen LogP contribution in [0.5, 0.6) is 0 Å². The van der Waals surface area contributed by atoms with Crippen molar-refractivity contribution in [1.82, 2.24) is 29.5 Å². The summed E-state index contributed by atoms with van der Waals surface area (Å²) in [5, 5.41) is 4.59. The summed E-state index contributed by atoms with van der Waals surface area (Å²) in [7, 11) is 0. The highest BCUT2D eigenvalue weighted by atomic mass is 19.4. The number of hydrogen-bond donors (Lipinski definition) is 1. The number of hydrogen-bond acceptors (Lipinski definition) is 4. The van der Waals surface area contributed by atoms with Crippen LogP contribution < -0.4 is 0 Å². The molecule has 2 atom stereocenters. The molecule has 3 aromatic heterocycles. The zero-order valence-corrected chi connectivity index (χ0v) is 17.9. The van der Waals surface area contributed by atoms with Crippen molar-refractivity contribution in [2.45, 2.75) is 31.9 Å². The van der Waals surface area contributed by atoms with E-state index in [9.17, 15) is 26.7 Å². The minimum absolute atomic E-state index is 0.0551. The van der Waals surface area contributed by atoms with Gasteiger partial charge in [-0.3, -0.25) is 4.79 Å². The van der Waals surface area contributed by atoms with Crippen LogP contribution in [0.15, 0.2) is 36.7 Å². The van der Waals surface area contributed by atoms with Crippen LogP contribution in [0.1, 0.15) is 53.1 Å². The number of aromatic nitrogens is 5. The van der Waals surface area contributed by atoms with Gasteiger partial charge in [0.15, 0.2) is 0 Å². The third kappa shape index (κ3) is 3.86. The molecule has 0 bridgehead atoms. The number of carbonyl (C=O) groups excluding carboxylic acids is 1. The fourth-order valence-corrected chi connectivity index (χ4v) is 4.46. The Bertz CT molecular complexity index is 1380. The second-order valence-electron chi connectivity index (χ2n) is 8.48. The number of nitrogens with one attached hydrogen (secondary N) is 1. The summed E-state index contributed by atoms with van der Waals surface area (Å²) in [5.41, 5.74) is -0.370. The van der Waals surface area contributed by atoms with Crippen LogP contribution in [0.25, 0.3) is 16.7 Å². The maximum absolute atomic E-state index is 13.4. The molecule has 1 amide bonds. The lowest BCUT2D eigenvalue weighted by molar-refractivity contribution is -0.137. The van der Waals surface area contributed by atoms with E-state index in [2.05, 4.69) is 20.1 Å². The lowest BCUT2D eigenvalue weighted by Crippen LogP contribution is -2.42. The van der Waals surface area contributed by atoms with Crippen LogP contribution in [-0.2, 0) is 6.18 Å². The molecule has 0 unspecified atom stereocenters. The van der Waals surface area contributed by atoms with Gasteiger partial charge in [-0.15, -0.1) is 0 Å². The van der Waals surface area contributed by atoms with Crippen LogP contribution in [0.2, 0.25) is 0 Å². The molecular weight excluding hydrogens is 459 g/mol. The first-order valence-corrected chi connectivity index (χ1v) is 10.6. The quantitative estimate of drug-likeness (QED) is 0.428. The van der Waals surface area contributed by atoms with Gasteiger partial charge in [0.25, 0.3) is 18.1 Å². The number of carbonyl (C=O) groups is 1. The molecule has 1 aromatic carbocycles. The molecule has 178 valence electrons. The van der Waals surface area contributed by atoms with Crippen LogP contribution >= 0.6 is 0 Å². The van der Waals surface area contributed by atoms with E-state index >= 15 is 0 Å². The number of amides is 1. The number of piperidine rings is 1. The van der Waals surface area contributed by atoms with E-state index in [1.807, 2.05) is 6.92 Å². The van der Waals surface area contributed by atoms with Crippen molar-refractivity contribution < 1.29 is 26.7 Å². The van der Waals surface area contributed by atoms with Gasteiger partial charge in [-0.25, -0.2) is 18.3 Å². The normalized spacial score (nSPS) is 19.4. The van der Waals surface area contributed by atoms with Gasteiger partial charge in [0.2, 0.25) is 0 Å². The van der Waals surface area contributed by atoms with E-state index in [1.54, 1.807) is 4.90 Å². The van der Waals surface area contributed by atoms with Crippen LogP contribution in [0.3, 0.4) is 0 Å². The van der Waals surface area contributed by atoms with Gasteiger partial charge in [0, 0.05) is 29.9 Å². The van der Waals surface area contributed by atoms with Gasteiger partial charge in [-0.2, -0.15) is 23.3 Å². The zero-order valence-electron chi connectivity index (χ0n) is 17.9. The molecule has 0 radical (unpaired) electrons. The lowest BCUT2D eigenvalue weighted by Gasteiger charge is -2.37. The Kier molecular flexibility index (Phi) is 5.25. The molecule has 1 aliphatic rings. The first kappa shape index (κ1) is 22.2. The van der Waals surface area contributed by atoms with E-state index in [-0.39, 0.29) is 41.3 Å². The highest BCUT2D eigenvalue weighted by molar-refractivity contribution is 5.98. The second kappa shape index (κ2) is 8.03. The smallest absolute Gasteiger partial charge is 0.351 e. The van der Waals surface area contributed by atoms with Crippen LogP contribution in [0.4, 0.5) is 22.0 Å². The summed E-state index contributed by atoms with van der Waals surface area (Å²) >= 11 is 0. The van der Waals surface area contributed by atoms with Crippen molar-refractivity contribution in [3.8, 4) is 0 Å². The summed E-state index contributed by atoms with van der Waals surface area (Å²) in [5.74, 6) is -0.579. The summed E-state index contributed by atoms with van der Waals surface area (Å²) < 4.78 is 67.3. The minimum Gasteiger partial charge on any atom is -0.351 e. The van der Waals surface area contributed by atoms with Crippen LogP contribution in [0, 0.1) is 5.92 Å². The molecule has 1 fully saturated rings. The molecule has 0 spiro atoms. The Hall–Kier alpha value is -3.57. The summed E-state index contributed by atoms with van der Waals surface area (Å²) in [4.78, 5) is 25.4. The number of alkyl halides is 5. The van der Waals surface area contributed by atoms with Crippen molar-refractivity contribution in [3.05, 3.63) is 59.3 Å². The molecule has 12 heteroatoms. The molecule has 1 saturated heterocycles. The van der Waals surface area contributed by atoms with Crippen molar-refractivity contribution in [2.24, 2.45) is 5.92 Å². The largest absolute Gasteiger partial charge is 0.416 e. The van der Waals surface area contributed by atoms with Gasteiger partial charge in [-0.05, 0) is 36.6 Å². The first-order valence-electron chi connectivity index (χ1n) is 10.6. The minimum atomic E-state index is -4.49. The molecule has 5 rings (SSSR count). The molecule has 7 nitrogen and oxygen atoms in total. The van der Waals surface area contributed by atoms with E-state index < -0.39 is 23.9 Å². The fourth-order valence-electron chi connectivity index (χ4n) is 4.46. The topological polar surface area (TPSA) is 79.2 Å². The van der Waals surface area contributed by atoms with Gasteiger partial charge in [0.1, 0.15) is 17.7 Å². The number of H-pyrrole nitrogens is 1. The second-order valence-corrected chi connectivity index (χ2v) is 8.48. The number of fused-ring (bicyclic) bond motifs is 2. The number of likely N-dealkylation sites (tertiary alicyclic amines) is 1. The maximum Gasteiger partial charge on any atom is 0.416 e. The molecular formula is C22H19F5N6O. The SMILES string of the molecule is C[C@@H]1CCN(C(=O)c2cc3ccc(C(F)(F)F)cc3[nH]2)C[C@H]1c1cc(C(F)F)nc2ncnn12. The lowest BCUT2D eigenvalue weighted by atomic mass is 9.84. The summed E-state index contributed by atoms with van der Waals surface area (Å²) in [6.45, 7) is 2.62. The Morgan fingerprint density at radius 3 is 2.74 bits per heavy atom. The van der Waals surface area contributed by atoms with Gasteiger partial charge in [0.05, 0.1) is 11.3 Å². The third-order valence-corrected chi connectivity index (χ3v) is 6.33. The molecule has 0 saturated carbocycles. The van der Waals surface area contributed by atoms with Gasteiger partial charge in [-0.1, -0.05) is 13.0 Å². The Morgan fingerprint density at radius 2 is 2.00 bits per heavy atom. The predicted molar refractivity (Wildman–Crippen MR) is 111 cm³/mol. The Labute approximate surface area is 189 Å². The number of nitrogens with zero attached hydrogens (tertiary/aromatic N) is 5. The third-order valence-electron chi connectivity index (χ3n) is 6.33. The first-order chi connectivity index (χ1) is 16.1. The summed E-state index contributed by atoms with van der Waals surface area (Å²) in [6.07, 6.45) is -5.44. The van der Waals surface area contributed by atoms with Gasteiger partial charge < -0.3 is 9.88 Å². The van der Waals surface area contributed by atoms with Crippen molar-refractivity contribution in [2.75, 3.05) is 13.1 Å². The zero-order chi connectivity index (χ0) is 24.2. The van der Waals surface area contributed by atoms with Crippen molar-refractivity contribution in [1.29, 1.82) is 0 Å². The van der Waals surface area contributed by atoms with E-state index in [0.717, 1.165) is 12.1 Å². The van der Waals surface area contributed by atoms with Crippen LogP contribution in [-0.4, -0.2) is 48.5 Å². The number of benzene rings is 1. The average Bonchev–Trinajstić information content (AvgIpc) is 3.44. The predicted octanol–water partition coefficient (Wildman–Crippen LogP) is 4.83. The average molecular weight is 478 g/mol. The maximum atomic E-state index is 13.4. The number of halogens is 5. The number of rotatable bonds is 3. The molecule has 4 aromatic rings. The number of aromatic amines is 1. The molecule has 4 heterocycles. The highest BCUT2D eigenvalue weighted by Gasteiger charge is 2.34. The standard InChI is InChI=1S/C22H19F5N6O/c1-11-4-5-32(9-14(11)18-8-16(19(23)24)31-21-28-10-29-33(18)21)20(34)17-6-12-2-3-13(22(25,26)27)7-15(12)30-17/h2-3,6-8,10-11,14,19,30H,4-5,9H2,1H3/t11-,14-/m1/s1. The van der Waals surface area contributed by atoms with Crippen molar-refractivity contribution >= 4 is 22.6 Å². The monoisotopic (exact) mass is 478 g/mol. The Balaban J connectivity index is 1.46. The fraction of sp³-hybridized carbons (Fsp3) is 0.364. The highest BCUT2D eigenvalue weighted by Crippen LogP contribution is 2.35. The van der Waals surface area contributed by atoms with E-state index in [1.165, 1.54) is 29.0 Å². The molecule has 0 aliphatic carbocycles. The molecule has 1 N–H and O–H groups in total. The summed E-state index contributed by atoms with van der Waals surface area (Å²) in [6, 6.07) is 6.07. The van der Waals surface area contributed by atoms with Gasteiger partial charge >= 0.3 is 6.18 Å². The molecule has 34 heavy (non-hydrogen) atoms. The van der Waals surface area contributed by atoms with E-state index in [4.69, 9.17) is 0 Å². The molecule has 1 aliphatic heterocycles. The Morgan fingerprint density at radius 1 is 1.21 bits per heavy atom. The van der Waals surface area contributed by atoms with Crippen molar-refractivity contribution in [3.63, 3.8) is 0 Å².